The SMILES string of the molecule is CCCCOC(=O)c1cccc(NC(=O)c2ccc(OC)c([N+](=O)[O-])c2)c1. The van der Waals surface area contributed by atoms with E-state index in [0.29, 0.717) is 17.9 Å². The molecule has 0 bridgehead atoms. The molecule has 8 heteroatoms. The summed E-state index contributed by atoms with van der Waals surface area (Å²) in [6.45, 7) is 2.33. The summed E-state index contributed by atoms with van der Waals surface area (Å²) in [7, 11) is 1.31. The molecule has 0 aromatic heterocycles. The Bertz CT molecular complexity index is 850. The van der Waals surface area contributed by atoms with E-state index in [1.165, 1.54) is 25.3 Å². The number of benzene rings is 2. The fourth-order valence-electron chi connectivity index (χ4n) is 2.29. The minimum atomic E-state index is -0.622. The fraction of sp³-hybridized carbons (Fsp3) is 0.263. The number of ether oxygens (including phenoxy) is 2. The highest BCUT2D eigenvalue weighted by Gasteiger charge is 2.18. The minimum absolute atomic E-state index is 0.0633. The highest BCUT2D eigenvalue weighted by Crippen LogP contribution is 2.27. The molecule has 0 spiro atoms. The quantitative estimate of drug-likeness (QED) is 0.327. The molecule has 0 aliphatic heterocycles. The molecule has 0 saturated carbocycles. The molecule has 0 aliphatic carbocycles. The van der Waals surface area contributed by atoms with E-state index in [-0.39, 0.29) is 17.0 Å². The van der Waals surface area contributed by atoms with E-state index >= 15 is 0 Å². The smallest absolute Gasteiger partial charge is 0.338 e. The van der Waals surface area contributed by atoms with E-state index in [4.69, 9.17) is 9.47 Å². The van der Waals surface area contributed by atoms with Gasteiger partial charge in [-0.1, -0.05) is 19.4 Å². The van der Waals surface area contributed by atoms with Crippen molar-refractivity contribution in [2.45, 2.75) is 19.8 Å². The van der Waals surface area contributed by atoms with E-state index in [1.807, 2.05) is 6.92 Å². The number of anilines is 1. The van der Waals surface area contributed by atoms with Crippen molar-refractivity contribution in [1.82, 2.24) is 0 Å². The van der Waals surface area contributed by atoms with Gasteiger partial charge in [-0.25, -0.2) is 4.79 Å². The first kappa shape index (κ1) is 19.9. The first-order chi connectivity index (χ1) is 13.0. The zero-order valence-corrected chi connectivity index (χ0v) is 15.1. The Kier molecular flexibility index (Phi) is 6.87. The van der Waals surface area contributed by atoms with Gasteiger partial charge in [0.1, 0.15) is 0 Å². The third-order valence-corrected chi connectivity index (χ3v) is 3.72. The van der Waals surface area contributed by atoms with Gasteiger partial charge in [-0.15, -0.1) is 0 Å². The molecule has 2 aromatic carbocycles. The molecule has 0 heterocycles. The van der Waals surface area contributed by atoms with Crippen LogP contribution in [-0.2, 0) is 4.74 Å². The lowest BCUT2D eigenvalue weighted by atomic mass is 10.1. The summed E-state index contributed by atoms with van der Waals surface area (Å²) >= 11 is 0. The molecule has 0 unspecified atom stereocenters. The average molecular weight is 372 g/mol. The molecule has 142 valence electrons. The molecular weight excluding hydrogens is 352 g/mol. The summed E-state index contributed by atoms with van der Waals surface area (Å²) < 4.78 is 10.1. The van der Waals surface area contributed by atoms with Gasteiger partial charge in [0.25, 0.3) is 5.91 Å². The fourth-order valence-corrected chi connectivity index (χ4v) is 2.29. The maximum absolute atomic E-state index is 12.4. The van der Waals surface area contributed by atoms with Crippen molar-refractivity contribution in [1.29, 1.82) is 0 Å². The number of nitro benzene ring substituents is 1. The molecule has 0 radical (unpaired) electrons. The Morgan fingerprint density at radius 3 is 2.59 bits per heavy atom. The van der Waals surface area contributed by atoms with Gasteiger partial charge in [0.05, 0.1) is 24.2 Å². The maximum atomic E-state index is 12.4. The van der Waals surface area contributed by atoms with Crippen molar-refractivity contribution in [2.75, 3.05) is 19.0 Å². The molecule has 0 saturated heterocycles. The van der Waals surface area contributed by atoms with Gasteiger partial charge in [-0.3, -0.25) is 14.9 Å². The van der Waals surface area contributed by atoms with Crippen LogP contribution in [0.1, 0.15) is 40.5 Å². The topological polar surface area (TPSA) is 108 Å². The lowest BCUT2D eigenvalue weighted by Crippen LogP contribution is -2.13. The maximum Gasteiger partial charge on any atom is 0.338 e. The zero-order valence-electron chi connectivity index (χ0n) is 15.1. The number of rotatable bonds is 8. The second-order valence-electron chi connectivity index (χ2n) is 5.67. The van der Waals surface area contributed by atoms with E-state index in [2.05, 4.69) is 5.32 Å². The van der Waals surface area contributed by atoms with Crippen LogP contribution in [0.25, 0.3) is 0 Å². The number of methoxy groups -OCH3 is 1. The van der Waals surface area contributed by atoms with Crippen LogP contribution in [0, 0.1) is 10.1 Å². The molecule has 8 nitrogen and oxygen atoms in total. The number of nitrogens with one attached hydrogen (secondary N) is 1. The van der Waals surface area contributed by atoms with Crippen molar-refractivity contribution in [2.24, 2.45) is 0 Å². The van der Waals surface area contributed by atoms with E-state index in [9.17, 15) is 19.7 Å². The number of hydrogen-bond acceptors (Lipinski definition) is 6. The Balaban J connectivity index is 2.14. The molecule has 0 aliphatic rings. The summed E-state index contributed by atoms with van der Waals surface area (Å²) in [5.41, 5.74) is 0.477. The van der Waals surface area contributed by atoms with Crippen LogP contribution in [0.3, 0.4) is 0 Å². The van der Waals surface area contributed by atoms with Crippen LogP contribution in [-0.4, -0.2) is 30.5 Å². The summed E-state index contributed by atoms with van der Waals surface area (Å²) in [4.78, 5) is 34.8. The number of nitro groups is 1. The Morgan fingerprint density at radius 1 is 1.15 bits per heavy atom. The van der Waals surface area contributed by atoms with Gasteiger partial charge < -0.3 is 14.8 Å². The van der Waals surface area contributed by atoms with E-state index in [0.717, 1.165) is 18.9 Å². The normalized spacial score (nSPS) is 10.1. The summed E-state index contributed by atoms with van der Waals surface area (Å²) in [6, 6.07) is 10.2. The number of unbranched alkanes of at least 4 members (excludes halogenated alkanes) is 1. The van der Waals surface area contributed by atoms with Crippen molar-refractivity contribution in [3.8, 4) is 5.75 Å². The summed E-state index contributed by atoms with van der Waals surface area (Å²) in [5.74, 6) is -0.953. The van der Waals surface area contributed by atoms with Gasteiger partial charge in [0.2, 0.25) is 0 Å². The molecule has 27 heavy (non-hydrogen) atoms. The molecule has 0 fully saturated rings. The van der Waals surface area contributed by atoms with Crippen LogP contribution in [0.15, 0.2) is 42.5 Å². The zero-order chi connectivity index (χ0) is 19.8. The molecule has 1 amide bonds. The lowest BCUT2D eigenvalue weighted by Gasteiger charge is -2.09. The predicted molar refractivity (Wildman–Crippen MR) is 99.2 cm³/mol. The number of esters is 1. The number of carbonyl (C=O) groups is 2. The summed E-state index contributed by atoms with van der Waals surface area (Å²) in [5, 5.41) is 13.7. The van der Waals surface area contributed by atoms with Crippen LogP contribution >= 0.6 is 0 Å². The van der Waals surface area contributed by atoms with Gasteiger partial charge in [-0.2, -0.15) is 0 Å². The van der Waals surface area contributed by atoms with Crippen molar-refractivity contribution < 1.29 is 24.0 Å². The highest BCUT2D eigenvalue weighted by molar-refractivity contribution is 6.05. The van der Waals surface area contributed by atoms with Crippen molar-refractivity contribution in [3.63, 3.8) is 0 Å². The number of carbonyl (C=O) groups excluding carboxylic acids is 2. The molecule has 2 aromatic rings. The number of hydrogen-bond donors (Lipinski definition) is 1. The third kappa shape index (κ3) is 5.27. The van der Waals surface area contributed by atoms with Crippen LogP contribution in [0.2, 0.25) is 0 Å². The van der Waals surface area contributed by atoms with Crippen molar-refractivity contribution in [3.05, 3.63) is 63.7 Å². The van der Waals surface area contributed by atoms with Gasteiger partial charge in [0, 0.05) is 17.3 Å². The lowest BCUT2D eigenvalue weighted by molar-refractivity contribution is -0.385. The average Bonchev–Trinajstić information content (AvgIpc) is 2.67. The van der Waals surface area contributed by atoms with Gasteiger partial charge in [0.15, 0.2) is 5.75 Å². The Hall–Kier alpha value is -3.42. The van der Waals surface area contributed by atoms with Crippen LogP contribution in [0.4, 0.5) is 11.4 Å². The molecule has 0 atom stereocenters. The predicted octanol–water partition coefficient (Wildman–Crippen LogP) is 3.81. The molecular formula is C19H20N2O6. The van der Waals surface area contributed by atoms with Crippen LogP contribution < -0.4 is 10.1 Å². The van der Waals surface area contributed by atoms with Gasteiger partial charge >= 0.3 is 11.7 Å². The summed E-state index contributed by atoms with van der Waals surface area (Å²) in [6.07, 6.45) is 1.69. The van der Waals surface area contributed by atoms with E-state index in [1.54, 1.807) is 18.2 Å². The molecule has 1 N–H and O–H groups in total. The second-order valence-corrected chi connectivity index (χ2v) is 5.67. The molecule has 2 rings (SSSR count). The Labute approximate surface area is 156 Å². The standard InChI is InChI=1S/C19H20N2O6/c1-3-4-10-27-19(23)14-6-5-7-15(11-14)20-18(22)13-8-9-17(26-2)16(12-13)21(24)25/h5-9,11-12H,3-4,10H2,1-2H3,(H,20,22). The van der Waals surface area contributed by atoms with Gasteiger partial charge in [-0.05, 0) is 36.8 Å². The number of amides is 1. The Morgan fingerprint density at radius 2 is 1.93 bits per heavy atom. The first-order valence-electron chi connectivity index (χ1n) is 8.37. The third-order valence-electron chi connectivity index (χ3n) is 3.72. The second kappa shape index (κ2) is 9.33. The monoisotopic (exact) mass is 372 g/mol. The van der Waals surface area contributed by atoms with Crippen LogP contribution in [0.5, 0.6) is 5.75 Å². The number of nitrogens with zero attached hydrogens (tertiary/aromatic N) is 1. The van der Waals surface area contributed by atoms with E-state index < -0.39 is 16.8 Å². The minimum Gasteiger partial charge on any atom is -0.490 e. The first-order valence-corrected chi connectivity index (χ1v) is 8.37. The van der Waals surface area contributed by atoms with Crippen molar-refractivity contribution >= 4 is 23.3 Å². The highest BCUT2D eigenvalue weighted by atomic mass is 16.6. The largest absolute Gasteiger partial charge is 0.490 e.